The standard InChI is InChI=1S/C20H28N6O4/c21-14-26-20(22)24-12-5-4-11-23-19(30)16(15-7-2-1-3-8-15)13-25-17(27)9-6-10-18(28)29/h1-3,7-8,16H,4-6,9-13H2,(H,23,30)(H,25,27)(H,28,29)(H3,22,24,26)/t16-/m1/s1. The van der Waals surface area contributed by atoms with Crippen LogP contribution in [-0.4, -0.2) is 48.5 Å². The third-order valence-corrected chi connectivity index (χ3v) is 4.17. The number of hydrogen-bond acceptors (Lipinski definition) is 5. The van der Waals surface area contributed by atoms with Crippen molar-refractivity contribution in [1.29, 1.82) is 5.26 Å². The first kappa shape index (κ1) is 24.4. The Morgan fingerprint density at radius 1 is 1.10 bits per heavy atom. The number of carboxylic acids is 1. The fourth-order valence-corrected chi connectivity index (χ4v) is 2.62. The molecule has 30 heavy (non-hydrogen) atoms. The Morgan fingerprint density at radius 2 is 1.83 bits per heavy atom. The lowest BCUT2D eigenvalue weighted by molar-refractivity contribution is -0.137. The summed E-state index contributed by atoms with van der Waals surface area (Å²) in [6.07, 6.45) is 3.32. The van der Waals surface area contributed by atoms with Crippen molar-refractivity contribution in [2.24, 2.45) is 10.7 Å². The van der Waals surface area contributed by atoms with Crippen LogP contribution >= 0.6 is 0 Å². The molecule has 0 aliphatic rings. The smallest absolute Gasteiger partial charge is 0.303 e. The maximum Gasteiger partial charge on any atom is 0.303 e. The molecule has 0 aliphatic carbocycles. The highest BCUT2D eigenvalue weighted by Gasteiger charge is 2.21. The maximum absolute atomic E-state index is 12.7. The number of carboxylic acid groups (broad SMARTS) is 1. The average molecular weight is 416 g/mol. The summed E-state index contributed by atoms with van der Waals surface area (Å²) in [5, 5.41) is 24.9. The van der Waals surface area contributed by atoms with Gasteiger partial charge in [0, 0.05) is 32.5 Å². The van der Waals surface area contributed by atoms with Crippen LogP contribution in [-0.2, 0) is 14.4 Å². The molecule has 6 N–H and O–H groups in total. The molecular weight excluding hydrogens is 388 g/mol. The van der Waals surface area contributed by atoms with E-state index in [2.05, 4.69) is 20.9 Å². The van der Waals surface area contributed by atoms with E-state index in [0.717, 1.165) is 5.56 Å². The van der Waals surface area contributed by atoms with E-state index in [4.69, 9.17) is 16.1 Å². The Hall–Kier alpha value is -3.61. The Bertz CT molecular complexity index is 760. The van der Waals surface area contributed by atoms with Gasteiger partial charge in [-0.1, -0.05) is 30.3 Å². The van der Waals surface area contributed by atoms with Gasteiger partial charge in [0.05, 0.1) is 5.92 Å². The number of amides is 2. The monoisotopic (exact) mass is 416 g/mol. The molecule has 10 nitrogen and oxygen atoms in total. The summed E-state index contributed by atoms with van der Waals surface area (Å²) in [5.74, 6) is -1.93. The second kappa shape index (κ2) is 14.4. The number of carbonyl (C=O) groups is 3. The zero-order valence-electron chi connectivity index (χ0n) is 16.8. The zero-order valence-corrected chi connectivity index (χ0v) is 16.8. The van der Waals surface area contributed by atoms with Crippen LogP contribution in [0.5, 0.6) is 0 Å². The number of carbonyl (C=O) groups excluding carboxylic acids is 2. The van der Waals surface area contributed by atoms with Crippen LogP contribution in [0.2, 0.25) is 0 Å². The van der Waals surface area contributed by atoms with Gasteiger partial charge in [-0.3, -0.25) is 24.7 Å². The molecule has 1 rings (SSSR count). The number of nitriles is 1. The van der Waals surface area contributed by atoms with Gasteiger partial charge in [0.25, 0.3) is 0 Å². The van der Waals surface area contributed by atoms with E-state index >= 15 is 0 Å². The molecule has 0 aromatic heterocycles. The molecule has 0 saturated carbocycles. The van der Waals surface area contributed by atoms with E-state index in [1.165, 1.54) is 0 Å². The number of nitrogens with zero attached hydrogens (tertiary/aromatic N) is 2. The lowest BCUT2D eigenvalue weighted by atomic mass is 9.98. The number of guanidine groups is 1. The highest BCUT2D eigenvalue weighted by molar-refractivity contribution is 5.85. The Balaban J connectivity index is 2.49. The molecular formula is C20H28N6O4. The summed E-state index contributed by atoms with van der Waals surface area (Å²) in [6.45, 7) is 1.00. The summed E-state index contributed by atoms with van der Waals surface area (Å²) in [5.41, 5.74) is 6.22. The van der Waals surface area contributed by atoms with Crippen LogP contribution in [0.1, 0.15) is 43.6 Å². The number of benzene rings is 1. The van der Waals surface area contributed by atoms with Crippen molar-refractivity contribution in [3.8, 4) is 6.19 Å². The first-order chi connectivity index (χ1) is 14.4. The van der Waals surface area contributed by atoms with Crippen molar-refractivity contribution in [2.75, 3.05) is 19.6 Å². The fraction of sp³-hybridized carbons (Fsp3) is 0.450. The Labute approximate surface area is 175 Å². The number of aliphatic carboxylic acids is 1. The van der Waals surface area contributed by atoms with Gasteiger partial charge in [-0.05, 0) is 24.8 Å². The molecule has 0 unspecified atom stereocenters. The Kier molecular flexibility index (Phi) is 11.7. The summed E-state index contributed by atoms with van der Waals surface area (Å²) >= 11 is 0. The molecule has 10 heteroatoms. The van der Waals surface area contributed by atoms with Gasteiger partial charge in [0.15, 0.2) is 6.19 Å². The normalized spacial score (nSPS) is 11.8. The third-order valence-electron chi connectivity index (χ3n) is 4.17. The van der Waals surface area contributed by atoms with Gasteiger partial charge in [-0.25, -0.2) is 0 Å². The van der Waals surface area contributed by atoms with Gasteiger partial charge < -0.3 is 21.5 Å². The number of unbranched alkanes of at least 4 members (excludes halogenated alkanes) is 1. The first-order valence-corrected chi connectivity index (χ1v) is 9.70. The van der Waals surface area contributed by atoms with Crippen molar-refractivity contribution in [3.63, 3.8) is 0 Å². The van der Waals surface area contributed by atoms with Crippen molar-refractivity contribution >= 4 is 23.7 Å². The van der Waals surface area contributed by atoms with E-state index in [1.54, 1.807) is 6.19 Å². The van der Waals surface area contributed by atoms with Gasteiger partial charge >= 0.3 is 5.97 Å². The van der Waals surface area contributed by atoms with Crippen LogP contribution < -0.4 is 21.7 Å². The van der Waals surface area contributed by atoms with Crippen LogP contribution in [0.25, 0.3) is 0 Å². The summed E-state index contributed by atoms with van der Waals surface area (Å²) in [7, 11) is 0. The van der Waals surface area contributed by atoms with E-state index < -0.39 is 11.9 Å². The van der Waals surface area contributed by atoms with Gasteiger partial charge in [-0.2, -0.15) is 5.26 Å². The van der Waals surface area contributed by atoms with Crippen LogP contribution in [0.3, 0.4) is 0 Å². The van der Waals surface area contributed by atoms with Crippen molar-refractivity contribution < 1.29 is 19.5 Å². The minimum Gasteiger partial charge on any atom is -0.481 e. The van der Waals surface area contributed by atoms with Crippen LogP contribution in [0.15, 0.2) is 35.3 Å². The lowest BCUT2D eigenvalue weighted by Crippen LogP contribution is -2.37. The second-order valence-electron chi connectivity index (χ2n) is 6.52. The van der Waals surface area contributed by atoms with E-state index in [1.807, 2.05) is 30.3 Å². The lowest BCUT2D eigenvalue weighted by Gasteiger charge is -2.18. The highest BCUT2D eigenvalue weighted by atomic mass is 16.4. The predicted octanol–water partition coefficient (Wildman–Crippen LogP) is 0.423. The Morgan fingerprint density at radius 3 is 2.50 bits per heavy atom. The highest BCUT2D eigenvalue weighted by Crippen LogP contribution is 2.15. The predicted molar refractivity (Wildman–Crippen MR) is 111 cm³/mol. The topological polar surface area (TPSA) is 170 Å². The number of hydrogen-bond donors (Lipinski definition) is 5. The second-order valence-corrected chi connectivity index (χ2v) is 6.52. The van der Waals surface area contributed by atoms with Gasteiger partial charge in [-0.15, -0.1) is 0 Å². The average Bonchev–Trinajstić information content (AvgIpc) is 2.71. The van der Waals surface area contributed by atoms with Crippen molar-refractivity contribution in [1.82, 2.24) is 16.0 Å². The largest absolute Gasteiger partial charge is 0.481 e. The van der Waals surface area contributed by atoms with E-state index in [-0.39, 0.29) is 43.6 Å². The molecule has 1 aromatic rings. The molecule has 0 fully saturated rings. The van der Waals surface area contributed by atoms with Crippen molar-refractivity contribution in [2.45, 2.75) is 38.0 Å². The minimum atomic E-state index is -0.945. The maximum atomic E-state index is 12.7. The molecule has 162 valence electrons. The molecule has 0 radical (unpaired) electrons. The molecule has 0 spiro atoms. The number of nitrogens with one attached hydrogen (secondary N) is 3. The van der Waals surface area contributed by atoms with Crippen LogP contribution in [0, 0.1) is 11.5 Å². The minimum absolute atomic E-state index is 0.0600. The zero-order chi connectivity index (χ0) is 22.2. The molecule has 1 atom stereocenters. The van der Waals surface area contributed by atoms with E-state index in [0.29, 0.717) is 25.9 Å². The molecule has 2 amide bonds. The molecule has 0 heterocycles. The third kappa shape index (κ3) is 10.7. The number of aliphatic imine (C=N–C) groups is 1. The van der Waals surface area contributed by atoms with E-state index in [9.17, 15) is 14.4 Å². The molecule has 0 bridgehead atoms. The quantitative estimate of drug-likeness (QED) is 0.102. The van der Waals surface area contributed by atoms with Crippen LogP contribution in [0.4, 0.5) is 0 Å². The molecule has 1 aromatic carbocycles. The van der Waals surface area contributed by atoms with Gasteiger partial charge in [0.1, 0.15) is 0 Å². The summed E-state index contributed by atoms with van der Waals surface area (Å²) in [4.78, 5) is 39.1. The van der Waals surface area contributed by atoms with Gasteiger partial charge in [0.2, 0.25) is 17.8 Å². The summed E-state index contributed by atoms with van der Waals surface area (Å²) < 4.78 is 0. The first-order valence-electron chi connectivity index (χ1n) is 9.70. The SMILES string of the molecule is N#CNC(N)=NCCCCNC(=O)[C@H](CNC(=O)CCCC(=O)O)c1ccccc1. The number of nitrogens with two attached hydrogens (primary N) is 1. The molecule has 0 aliphatic heterocycles. The van der Waals surface area contributed by atoms with Crippen molar-refractivity contribution in [3.05, 3.63) is 35.9 Å². The fourth-order valence-electron chi connectivity index (χ4n) is 2.62. The summed E-state index contributed by atoms with van der Waals surface area (Å²) in [6, 6.07) is 9.13. The molecule has 0 saturated heterocycles. The number of rotatable bonds is 13.